The minimum Gasteiger partial charge on any atom is -0.232 e. The van der Waals surface area contributed by atoms with Crippen LogP contribution in [0.15, 0.2) is 18.3 Å². The van der Waals surface area contributed by atoms with E-state index in [1.165, 1.54) is 6.20 Å². The van der Waals surface area contributed by atoms with Gasteiger partial charge in [-0.3, -0.25) is 0 Å². The summed E-state index contributed by atoms with van der Waals surface area (Å²) in [6.45, 7) is 0. The Morgan fingerprint density at radius 2 is 2.40 bits per heavy atom. The first-order valence-corrected chi connectivity index (χ1v) is 2.72. The van der Waals surface area contributed by atoms with Crippen molar-refractivity contribution in [3.05, 3.63) is 18.3 Å². The minimum absolute atomic E-state index is 0.266. The molecule has 0 aliphatic heterocycles. The Morgan fingerprint density at radius 1 is 1.50 bits per heavy atom. The standard InChI is InChI=1S/C5H3N4O/c10-9-5-4(7-8-9)2-1-3-6-5/h1-3H. The van der Waals surface area contributed by atoms with Gasteiger partial charge in [-0.2, -0.15) is 0 Å². The largest absolute Gasteiger partial charge is 0.232 e. The molecule has 0 saturated heterocycles. The number of rotatable bonds is 0. The molecule has 10 heavy (non-hydrogen) atoms. The lowest BCUT2D eigenvalue weighted by atomic mass is 10.4. The van der Waals surface area contributed by atoms with Crippen LogP contribution < -0.4 is 0 Å². The number of aromatic nitrogens is 4. The molecule has 0 fully saturated rings. The molecule has 1 radical (unpaired) electrons. The fourth-order valence-electron chi connectivity index (χ4n) is 0.745. The Morgan fingerprint density at radius 3 is 3.20 bits per heavy atom. The number of hydrogen-bond acceptors (Lipinski definition) is 3. The van der Waals surface area contributed by atoms with Crippen LogP contribution in [0.2, 0.25) is 0 Å². The van der Waals surface area contributed by atoms with E-state index in [-0.39, 0.29) is 5.65 Å². The highest BCUT2D eigenvalue weighted by atomic mass is 16.5. The van der Waals surface area contributed by atoms with Crippen molar-refractivity contribution < 1.29 is 5.21 Å². The van der Waals surface area contributed by atoms with Gasteiger partial charge < -0.3 is 0 Å². The third-order valence-electron chi connectivity index (χ3n) is 1.18. The Labute approximate surface area is 55.9 Å². The minimum atomic E-state index is 0.266. The molecule has 0 unspecified atom stereocenters. The first-order valence-electron chi connectivity index (χ1n) is 2.72. The summed E-state index contributed by atoms with van der Waals surface area (Å²) in [7, 11) is 0. The molecular formula is C5H3N4O. The maximum Gasteiger partial charge on any atom is 0.224 e. The fraction of sp³-hybridized carbons (Fsp3) is 0. The van der Waals surface area contributed by atoms with Crippen molar-refractivity contribution in [1.29, 1.82) is 0 Å². The van der Waals surface area contributed by atoms with Crippen LogP contribution in [-0.2, 0) is 5.21 Å². The van der Waals surface area contributed by atoms with Crippen LogP contribution in [0.1, 0.15) is 0 Å². The molecule has 0 amide bonds. The van der Waals surface area contributed by atoms with Crippen LogP contribution in [-0.4, -0.2) is 20.1 Å². The normalized spacial score (nSPS) is 10.4. The monoisotopic (exact) mass is 135 g/mol. The van der Waals surface area contributed by atoms with Crippen molar-refractivity contribution in [3.63, 3.8) is 0 Å². The van der Waals surface area contributed by atoms with Gasteiger partial charge in [-0.1, -0.05) is 0 Å². The van der Waals surface area contributed by atoms with Crippen LogP contribution >= 0.6 is 0 Å². The summed E-state index contributed by atoms with van der Waals surface area (Å²) < 4.78 is 0. The van der Waals surface area contributed by atoms with Gasteiger partial charge in [-0.05, 0) is 22.2 Å². The van der Waals surface area contributed by atoms with Crippen LogP contribution in [0.3, 0.4) is 0 Å². The van der Waals surface area contributed by atoms with Crippen LogP contribution in [0, 0.1) is 0 Å². The molecule has 0 aliphatic carbocycles. The van der Waals surface area contributed by atoms with Gasteiger partial charge in [-0.15, -0.1) is 10.3 Å². The van der Waals surface area contributed by atoms with Gasteiger partial charge in [0.1, 0.15) is 5.52 Å². The lowest BCUT2D eigenvalue weighted by Crippen LogP contribution is -1.90. The lowest BCUT2D eigenvalue weighted by molar-refractivity contribution is 0.0637. The molecule has 0 N–H and O–H groups in total. The number of nitrogens with zero attached hydrogens (tertiary/aromatic N) is 4. The summed E-state index contributed by atoms with van der Waals surface area (Å²) in [4.78, 5) is 4.16. The first-order chi connectivity index (χ1) is 4.88. The van der Waals surface area contributed by atoms with Crippen molar-refractivity contribution in [3.8, 4) is 0 Å². The maximum atomic E-state index is 10.7. The van der Waals surface area contributed by atoms with Crippen molar-refractivity contribution >= 4 is 11.2 Å². The lowest BCUT2D eigenvalue weighted by Gasteiger charge is -1.81. The third kappa shape index (κ3) is 0.540. The van der Waals surface area contributed by atoms with Gasteiger partial charge in [-0.25, -0.2) is 4.98 Å². The van der Waals surface area contributed by atoms with Crippen molar-refractivity contribution in [1.82, 2.24) is 20.1 Å². The molecule has 5 heteroatoms. The highest BCUT2D eigenvalue weighted by Crippen LogP contribution is 2.02. The molecule has 0 spiro atoms. The quantitative estimate of drug-likeness (QED) is 0.511. The number of pyridine rings is 1. The number of fused-ring (bicyclic) bond motifs is 1. The molecule has 0 aliphatic rings. The summed E-state index contributed by atoms with van der Waals surface area (Å²) in [5.41, 5.74) is 0.792. The molecule has 0 bridgehead atoms. The molecule has 2 aromatic rings. The number of hydrogen-bond donors (Lipinski definition) is 0. The SMILES string of the molecule is [O]n1nnc2cccnc21. The highest BCUT2D eigenvalue weighted by molar-refractivity contribution is 5.68. The zero-order valence-corrected chi connectivity index (χ0v) is 4.93. The van der Waals surface area contributed by atoms with E-state index in [2.05, 4.69) is 15.3 Å². The van der Waals surface area contributed by atoms with Gasteiger partial charge in [0.15, 0.2) is 0 Å². The molecule has 0 aromatic carbocycles. The topological polar surface area (TPSA) is 63.5 Å². The van der Waals surface area contributed by atoms with E-state index >= 15 is 0 Å². The van der Waals surface area contributed by atoms with E-state index in [1.807, 2.05) is 0 Å². The van der Waals surface area contributed by atoms with Gasteiger partial charge in [0.25, 0.3) is 0 Å². The summed E-state index contributed by atoms with van der Waals surface area (Å²) in [6.07, 6.45) is 1.53. The van der Waals surface area contributed by atoms with E-state index in [4.69, 9.17) is 0 Å². The summed E-state index contributed by atoms with van der Waals surface area (Å²) in [5, 5.41) is 17.5. The Bertz CT molecular complexity index is 355. The Kier molecular flexibility index (Phi) is 0.858. The smallest absolute Gasteiger partial charge is 0.224 e. The van der Waals surface area contributed by atoms with Gasteiger partial charge in [0.05, 0.1) is 0 Å². The van der Waals surface area contributed by atoms with E-state index in [9.17, 15) is 5.21 Å². The maximum absolute atomic E-state index is 10.7. The molecule has 2 heterocycles. The second-order valence-electron chi connectivity index (χ2n) is 1.81. The van der Waals surface area contributed by atoms with Crippen LogP contribution in [0.25, 0.3) is 11.2 Å². The molecular weight excluding hydrogens is 132 g/mol. The molecule has 0 atom stereocenters. The average molecular weight is 135 g/mol. The van der Waals surface area contributed by atoms with E-state index in [0.717, 1.165) is 0 Å². The van der Waals surface area contributed by atoms with Crippen molar-refractivity contribution in [2.45, 2.75) is 0 Å². The predicted molar refractivity (Wildman–Crippen MR) is 31.4 cm³/mol. The predicted octanol–water partition coefficient (Wildman–Crippen LogP) is 0.0199. The Hall–Kier alpha value is -1.65. The van der Waals surface area contributed by atoms with Gasteiger partial charge in [0.2, 0.25) is 5.65 Å². The molecule has 2 aromatic heterocycles. The molecule has 5 nitrogen and oxygen atoms in total. The molecule has 2 rings (SSSR count). The summed E-state index contributed by atoms with van der Waals surface area (Å²) in [6, 6.07) is 3.39. The van der Waals surface area contributed by atoms with E-state index in [1.54, 1.807) is 12.1 Å². The van der Waals surface area contributed by atoms with Gasteiger partial charge in [0, 0.05) is 6.20 Å². The van der Waals surface area contributed by atoms with Crippen molar-refractivity contribution in [2.75, 3.05) is 0 Å². The zero-order valence-electron chi connectivity index (χ0n) is 4.93. The highest BCUT2D eigenvalue weighted by Gasteiger charge is 2.01. The average Bonchev–Trinajstić information content (AvgIpc) is 2.34. The molecule has 0 saturated carbocycles. The second-order valence-corrected chi connectivity index (χ2v) is 1.81. The molecule has 49 valence electrons. The zero-order chi connectivity index (χ0) is 6.97. The van der Waals surface area contributed by atoms with E-state index in [0.29, 0.717) is 10.4 Å². The van der Waals surface area contributed by atoms with Gasteiger partial charge >= 0.3 is 0 Å². The third-order valence-corrected chi connectivity index (χ3v) is 1.18. The van der Waals surface area contributed by atoms with Crippen molar-refractivity contribution in [2.24, 2.45) is 0 Å². The van der Waals surface area contributed by atoms with Crippen LogP contribution in [0.5, 0.6) is 0 Å². The van der Waals surface area contributed by atoms with E-state index < -0.39 is 0 Å². The summed E-state index contributed by atoms with van der Waals surface area (Å²) >= 11 is 0. The second kappa shape index (κ2) is 1.66. The first kappa shape index (κ1) is 5.16. The summed E-state index contributed by atoms with van der Waals surface area (Å²) in [5.74, 6) is 0. The fourth-order valence-corrected chi connectivity index (χ4v) is 0.745. The Balaban J connectivity index is 2.93. The van der Waals surface area contributed by atoms with Crippen LogP contribution in [0.4, 0.5) is 0 Å².